The molecule has 23 heavy (non-hydrogen) atoms. The van der Waals surface area contributed by atoms with Gasteiger partial charge in [-0.3, -0.25) is 4.79 Å². The van der Waals surface area contributed by atoms with Crippen LogP contribution in [0.3, 0.4) is 0 Å². The number of likely N-dealkylation sites (tertiary alicyclic amines) is 1. The Morgan fingerprint density at radius 3 is 2.74 bits per heavy atom. The van der Waals surface area contributed by atoms with Gasteiger partial charge in [0.15, 0.2) is 11.5 Å². The zero-order chi connectivity index (χ0) is 16.1. The van der Waals surface area contributed by atoms with Gasteiger partial charge >= 0.3 is 6.61 Å². The van der Waals surface area contributed by atoms with Crippen LogP contribution in [0.1, 0.15) is 29.6 Å². The highest BCUT2D eigenvalue weighted by Gasteiger charge is 2.57. The van der Waals surface area contributed by atoms with E-state index in [1.165, 1.54) is 44.6 Å². The fraction of sp³-hybridized carbons (Fsp3) is 0.588. The van der Waals surface area contributed by atoms with Gasteiger partial charge in [0.05, 0.1) is 7.11 Å². The lowest BCUT2D eigenvalue weighted by molar-refractivity contribution is -0.0512. The van der Waals surface area contributed by atoms with E-state index in [2.05, 4.69) is 4.74 Å². The van der Waals surface area contributed by atoms with E-state index < -0.39 is 6.61 Å². The Hall–Kier alpha value is -1.85. The highest BCUT2D eigenvalue weighted by molar-refractivity contribution is 5.95. The molecule has 6 heteroatoms. The number of methoxy groups -OCH3 is 1. The Balaban J connectivity index is 1.53. The van der Waals surface area contributed by atoms with Gasteiger partial charge in [-0.1, -0.05) is 0 Å². The first-order valence-corrected chi connectivity index (χ1v) is 8.02. The van der Waals surface area contributed by atoms with E-state index in [1.54, 1.807) is 0 Å². The van der Waals surface area contributed by atoms with Gasteiger partial charge in [-0.15, -0.1) is 0 Å². The van der Waals surface area contributed by atoms with Gasteiger partial charge in [-0.25, -0.2) is 0 Å². The number of hydrogen-bond donors (Lipinski definition) is 0. The van der Waals surface area contributed by atoms with Crippen molar-refractivity contribution in [1.82, 2.24) is 4.90 Å². The number of hydrogen-bond acceptors (Lipinski definition) is 3. The SMILES string of the molecule is COc1cc(C(=O)N2C[C@H]3[C@H]4CC[C@@H](C4)[C@H]32)ccc1OC(F)F. The van der Waals surface area contributed by atoms with Gasteiger partial charge in [-0.2, -0.15) is 8.78 Å². The molecule has 1 aliphatic heterocycles. The number of ether oxygens (including phenoxy) is 2. The summed E-state index contributed by atoms with van der Waals surface area (Å²) in [7, 11) is 1.37. The lowest BCUT2D eigenvalue weighted by atomic mass is 9.76. The van der Waals surface area contributed by atoms with Crippen molar-refractivity contribution in [3.8, 4) is 11.5 Å². The third-order valence-corrected chi connectivity index (χ3v) is 5.70. The molecule has 2 bridgehead atoms. The molecule has 1 aromatic carbocycles. The fourth-order valence-corrected chi connectivity index (χ4v) is 4.71. The molecule has 4 nitrogen and oxygen atoms in total. The zero-order valence-electron chi connectivity index (χ0n) is 12.9. The van der Waals surface area contributed by atoms with Crippen LogP contribution in [0, 0.1) is 17.8 Å². The van der Waals surface area contributed by atoms with E-state index in [0.29, 0.717) is 23.4 Å². The average Bonchev–Trinajstić information content (AvgIpc) is 3.03. The standard InChI is InChI=1S/C17H19F2NO3/c1-22-14-7-11(4-5-13(14)23-17(18)19)16(21)20-8-12-9-2-3-10(6-9)15(12)20/h4-5,7,9-10,12,15,17H,2-3,6,8H2,1H3/t9-,10-,12-,15+/m0/s1. The molecule has 1 saturated heterocycles. The number of carbonyl (C=O) groups is 1. The Kier molecular flexibility index (Phi) is 3.43. The summed E-state index contributed by atoms with van der Waals surface area (Å²) in [5.41, 5.74) is 0.463. The Morgan fingerprint density at radius 2 is 2.04 bits per heavy atom. The van der Waals surface area contributed by atoms with Crippen LogP contribution in [-0.4, -0.2) is 37.1 Å². The average molecular weight is 323 g/mol. The number of rotatable bonds is 4. The fourth-order valence-electron chi connectivity index (χ4n) is 4.71. The molecule has 3 fully saturated rings. The second-order valence-corrected chi connectivity index (χ2v) is 6.69. The van der Waals surface area contributed by atoms with E-state index in [0.717, 1.165) is 12.5 Å². The quantitative estimate of drug-likeness (QED) is 0.854. The second kappa shape index (κ2) is 5.35. The molecule has 124 valence electrons. The first kappa shape index (κ1) is 14.7. The third-order valence-electron chi connectivity index (χ3n) is 5.70. The van der Waals surface area contributed by atoms with Crippen molar-refractivity contribution in [1.29, 1.82) is 0 Å². The topological polar surface area (TPSA) is 38.8 Å². The normalized spacial score (nSPS) is 31.0. The molecule has 1 heterocycles. The predicted octanol–water partition coefficient (Wildman–Crippen LogP) is 3.17. The minimum atomic E-state index is -2.92. The first-order chi connectivity index (χ1) is 11.1. The van der Waals surface area contributed by atoms with Gasteiger partial charge in [-0.05, 0) is 49.3 Å². The Bertz CT molecular complexity index is 634. The van der Waals surface area contributed by atoms with Crippen molar-refractivity contribution < 1.29 is 23.0 Å². The maximum atomic E-state index is 12.7. The molecule has 0 N–H and O–H groups in total. The minimum absolute atomic E-state index is 0.0410. The summed E-state index contributed by atoms with van der Waals surface area (Å²) in [5.74, 6) is 2.17. The molecule has 1 amide bonds. The molecule has 2 aliphatic carbocycles. The number of carbonyl (C=O) groups excluding carboxylic acids is 1. The summed E-state index contributed by atoms with van der Waals surface area (Å²) < 4.78 is 34.2. The summed E-state index contributed by atoms with van der Waals surface area (Å²) in [6, 6.07) is 4.77. The van der Waals surface area contributed by atoms with Crippen LogP contribution in [0.2, 0.25) is 0 Å². The molecule has 4 rings (SSSR count). The van der Waals surface area contributed by atoms with Crippen LogP contribution in [0.25, 0.3) is 0 Å². The maximum absolute atomic E-state index is 12.7. The van der Waals surface area contributed by atoms with Crippen molar-refractivity contribution in [2.45, 2.75) is 31.9 Å². The van der Waals surface area contributed by atoms with Crippen molar-refractivity contribution in [3.63, 3.8) is 0 Å². The molecular formula is C17H19F2NO3. The van der Waals surface area contributed by atoms with Crippen LogP contribution in [-0.2, 0) is 0 Å². The largest absolute Gasteiger partial charge is 0.493 e. The summed E-state index contributed by atoms with van der Waals surface area (Å²) >= 11 is 0. The Labute approximate surface area is 133 Å². The summed E-state index contributed by atoms with van der Waals surface area (Å²) in [4.78, 5) is 14.7. The number of amides is 1. The molecule has 0 aromatic heterocycles. The number of alkyl halides is 2. The molecule has 0 unspecified atom stereocenters. The lowest BCUT2D eigenvalue weighted by Crippen LogP contribution is -2.60. The smallest absolute Gasteiger partial charge is 0.387 e. The van der Waals surface area contributed by atoms with Gasteiger partial charge in [0.25, 0.3) is 5.91 Å². The molecule has 2 saturated carbocycles. The minimum Gasteiger partial charge on any atom is -0.493 e. The lowest BCUT2D eigenvalue weighted by Gasteiger charge is -2.50. The summed E-state index contributed by atoms with van der Waals surface area (Å²) in [6.07, 6.45) is 3.78. The first-order valence-electron chi connectivity index (χ1n) is 8.02. The van der Waals surface area contributed by atoms with Crippen molar-refractivity contribution in [3.05, 3.63) is 23.8 Å². The van der Waals surface area contributed by atoms with Gasteiger partial charge in [0, 0.05) is 24.1 Å². The van der Waals surface area contributed by atoms with E-state index in [-0.39, 0.29) is 17.4 Å². The molecular weight excluding hydrogens is 304 g/mol. The third kappa shape index (κ3) is 2.26. The van der Waals surface area contributed by atoms with Crippen LogP contribution >= 0.6 is 0 Å². The van der Waals surface area contributed by atoms with Gasteiger partial charge in [0.1, 0.15) is 0 Å². The highest BCUT2D eigenvalue weighted by Crippen LogP contribution is 2.55. The molecule has 1 aromatic rings. The van der Waals surface area contributed by atoms with Gasteiger partial charge < -0.3 is 14.4 Å². The summed E-state index contributed by atoms with van der Waals surface area (Å²) in [5, 5.41) is 0. The van der Waals surface area contributed by atoms with Crippen molar-refractivity contribution in [2.75, 3.05) is 13.7 Å². The van der Waals surface area contributed by atoms with E-state index >= 15 is 0 Å². The van der Waals surface area contributed by atoms with E-state index in [4.69, 9.17) is 4.74 Å². The number of fused-ring (bicyclic) bond motifs is 5. The molecule has 3 aliphatic rings. The van der Waals surface area contributed by atoms with Crippen LogP contribution in [0.4, 0.5) is 8.78 Å². The van der Waals surface area contributed by atoms with Crippen LogP contribution in [0.5, 0.6) is 11.5 Å². The number of nitrogens with zero attached hydrogens (tertiary/aromatic N) is 1. The second-order valence-electron chi connectivity index (χ2n) is 6.69. The monoisotopic (exact) mass is 323 g/mol. The summed E-state index contributed by atoms with van der Waals surface area (Å²) in [6.45, 7) is -2.10. The van der Waals surface area contributed by atoms with E-state index in [1.807, 2.05) is 4.90 Å². The van der Waals surface area contributed by atoms with Gasteiger partial charge in [0.2, 0.25) is 0 Å². The van der Waals surface area contributed by atoms with Crippen LogP contribution in [0.15, 0.2) is 18.2 Å². The van der Waals surface area contributed by atoms with E-state index in [9.17, 15) is 13.6 Å². The molecule has 4 atom stereocenters. The number of benzene rings is 1. The molecule has 0 radical (unpaired) electrons. The number of halogens is 2. The predicted molar refractivity (Wildman–Crippen MR) is 78.8 cm³/mol. The maximum Gasteiger partial charge on any atom is 0.387 e. The molecule has 0 spiro atoms. The van der Waals surface area contributed by atoms with Crippen molar-refractivity contribution in [2.24, 2.45) is 17.8 Å². The Morgan fingerprint density at radius 1 is 1.26 bits per heavy atom. The highest BCUT2D eigenvalue weighted by atomic mass is 19.3. The van der Waals surface area contributed by atoms with Crippen molar-refractivity contribution >= 4 is 5.91 Å². The zero-order valence-corrected chi connectivity index (χ0v) is 12.9. The van der Waals surface area contributed by atoms with Crippen LogP contribution < -0.4 is 9.47 Å².